The van der Waals surface area contributed by atoms with Crippen LogP contribution in [0.1, 0.15) is 38.7 Å². The normalized spacial score (nSPS) is 18.5. The number of benzene rings is 1. The number of amides is 4. The van der Waals surface area contributed by atoms with Crippen LogP contribution in [0.2, 0.25) is 0 Å². The number of unbranched alkanes of at least 4 members (excludes halogenated alkanes) is 1. The van der Waals surface area contributed by atoms with Crippen molar-refractivity contribution >= 4 is 52.7 Å². The van der Waals surface area contributed by atoms with Crippen LogP contribution in [-0.2, 0) is 15.1 Å². The van der Waals surface area contributed by atoms with Crippen LogP contribution in [0, 0.1) is 0 Å². The predicted molar refractivity (Wildman–Crippen MR) is 118 cm³/mol. The Morgan fingerprint density at radius 1 is 1.17 bits per heavy atom. The Kier molecular flexibility index (Phi) is 7.73. The van der Waals surface area contributed by atoms with Crippen LogP contribution < -0.4 is 10.7 Å². The molecule has 30 heavy (non-hydrogen) atoms. The van der Waals surface area contributed by atoms with E-state index >= 15 is 0 Å². The van der Waals surface area contributed by atoms with Gasteiger partial charge in [-0.1, -0.05) is 85.5 Å². The highest BCUT2D eigenvalue weighted by Crippen LogP contribution is 2.32. The number of thioether (sulfide) groups is 2. The van der Waals surface area contributed by atoms with Gasteiger partial charge in [0, 0.05) is 5.75 Å². The van der Waals surface area contributed by atoms with Crippen molar-refractivity contribution in [2.45, 2.75) is 47.3 Å². The molecule has 160 valence electrons. The Labute approximate surface area is 187 Å². The Hall–Kier alpha value is -2.11. The fraction of sp³-hybridized carbons (Fsp3) is 0.421. The largest absolute Gasteiger partial charge is 0.344 e. The van der Waals surface area contributed by atoms with Crippen LogP contribution in [0.15, 0.2) is 39.0 Å². The van der Waals surface area contributed by atoms with Crippen molar-refractivity contribution < 1.29 is 14.4 Å². The van der Waals surface area contributed by atoms with Gasteiger partial charge in [0.15, 0.2) is 8.68 Å². The van der Waals surface area contributed by atoms with Gasteiger partial charge in [-0.15, -0.1) is 10.2 Å². The summed E-state index contributed by atoms with van der Waals surface area (Å²) in [7, 11) is 0. The summed E-state index contributed by atoms with van der Waals surface area (Å²) >= 11 is 4.31. The van der Waals surface area contributed by atoms with Crippen molar-refractivity contribution in [1.82, 2.24) is 25.9 Å². The highest BCUT2D eigenvalue weighted by Gasteiger charge is 2.52. The van der Waals surface area contributed by atoms with Gasteiger partial charge < -0.3 is 5.32 Å². The highest BCUT2D eigenvalue weighted by atomic mass is 32.2. The molecular weight excluding hydrogens is 442 g/mol. The number of carbonyl (C=O) groups excluding carboxylic acids is 3. The molecule has 11 heteroatoms. The SMILES string of the molecule is CCCCSc1nnc(SCC(=O)NN2C(=O)NC(CC)(c3ccccc3)C2=O)s1. The van der Waals surface area contributed by atoms with Crippen LogP contribution in [0.5, 0.6) is 0 Å². The summed E-state index contributed by atoms with van der Waals surface area (Å²) in [5.74, 6) is 0.0580. The number of nitrogens with one attached hydrogen (secondary N) is 2. The first-order valence-corrected chi connectivity index (χ1v) is 12.4. The summed E-state index contributed by atoms with van der Waals surface area (Å²) in [6.07, 6.45) is 2.61. The molecule has 0 aliphatic carbocycles. The molecule has 1 aromatic carbocycles. The standard InChI is InChI=1S/C19H23N5O3S3/c1-3-5-11-28-17-21-22-18(30-17)29-12-14(25)23-24-15(26)19(4-2,20-16(24)27)13-9-7-6-8-10-13/h6-10H,3-5,11-12H2,1-2H3,(H,20,27)(H,23,25). The second-order valence-corrected chi connectivity index (χ2v) is 10.1. The maximum absolute atomic E-state index is 13.0. The third-order valence-corrected chi connectivity index (χ3v) is 7.84. The van der Waals surface area contributed by atoms with Crippen LogP contribution in [0.25, 0.3) is 0 Å². The Morgan fingerprint density at radius 2 is 1.87 bits per heavy atom. The topological polar surface area (TPSA) is 104 Å². The molecule has 8 nitrogen and oxygen atoms in total. The summed E-state index contributed by atoms with van der Waals surface area (Å²) in [6, 6.07) is 8.38. The molecule has 2 heterocycles. The van der Waals surface area contributed by atoms with E-state index in [1.54, 1.807) is 36.0 Å². The number of hydrogen-bond acceptors (Lipinski definition) is 8. The monoisotopic (exact) mass is 465 g/mol. The maximum Gasteiger partial charge on any atom is 0.344 e. The lowest BCUT2D eigenvalue weighted by atomic mass is 9.87. The Balaban J connectivity index is 1.58. The zero-order chi connectivity index (χ0) is 21.6. The lowest BCUT2D eigenvalue weighted by Gasteiger charge is -2.25. The first-order valence-electron chi connectivity index (χ1n) is 9.61. The van der Waals surface area contributed by atoms with E-state index in [0.717, 1.165) is 27.9 Å². The first kappa shape index (κ1) is 22.6. The van der Waals surface area contributed by atoms with E-state index in [4.69, 9.17) is 0 Å². The van der Waals surface area contributed by atoms with Crippen LogP contribution in [0.4, 0.5) is 4.79 Å². The summed E-state index contributed by atoms with van der Waals surface area (Å²) in [6.45, 7) is 3.95. The average molecular weight is 466 g/mol. The van der Waals surface area contributed by atoms with Crippen LogP contribution >= 0.6 is 34.9 Å². The second kappa shape index (κ2) is 10.3. The van der Waals surface area contributed by atoms with E-state index in [1.807, 2.05) is 13.0 Å². The summed E-state index contributed by atoms with van der Waals surface area (Å²) in [5, 5.41) is 11.7. The summed E-state index contributed by atoms with van der Waals surface area (Å²) < 4.78 is 1.55. The quantitative estimate of drug-likeness (QED) is 0.315. The number of rotatable bonds is 10. The van der Waals surface area contributed by atoms with Crippen molar-refractivity contribution in [2.24, 2.45) is 0 Å². The summed E-state index contributed by atoms with van der Waals surface area (Å²) in [4.78, 5) is 37.8. The lowest BCUT2D eigenvalue weighted by molar-refractivity contribution is -0.138. The van der Waals surface area contributed by atoms with Gasteiger partial charge in [-0.05, 0) is 18.4 Å². The molecule has 1 aromatic heterocycles. The number of imide groups is 1. The van der Waals surface area contributed by atoms with Gasteiger partial charge in [-0.3, -0.25) is 15.0 Å². The van der Waals surface area contributed by atoms with Crippen molar-refractivity contribution in [2.75, 3.05) is 11.5 Å². The molecule has 0 saturated carbocycles. The minimum absolute atomic E-state index is 0.0236. The fourth-order valence-electron chi connectivity index (χ4n) is 2.94. The first-order chi connectivity index (χ1) is 14.5. The molecule has 1 saturated heterocycles. The second-order valence-electron chi connectivity index (χ2n) is 6.56. The van der Waals surface area contributed by atoms with E-state index in [-0.39, 0.29) is 5.75 Å². The minimum Gasteiger partial charge on any atom is -0.318 e. The van der Waals surface area contributed by atoms with Crippen LogP contribution in [-0.4, -0.2) is 44.6 Å². The van der Waals surface area contributed by atoms with Gasteiger partial charge in [-0.25, -0.2) is 4.79 Å². The smallest absolute Gasteiger partial charge is 0.318 e. The summed E-state index contributed by atoms with van der Waals surface area (Å²) in [5.41, 5.74) is 1.92. The van der Waals surface area contributed by atoms with Gasteiger partial charge in [-0.2, -0.15) is 5.01 Å². The average Bonchev–Trinajstić information content (AvgIpc) is 3.31. The van der Waals surface area contributed by atoms with Gasteiger partial charge in [0.05, 0.1) is 5.75 Å². The number of nitrogens with zero attached hydrogens (tertiary/aromatic N) is 3. The zero-order valence-electron chi connectivity index (χ0n) is 16.7. The number of urea groups is 1. The number of hydrazine groups is 1. The molecule has 3 rings (SSSR count). The van der Waals surface area contributed by atoms with E-state index in [2.05, 4.69) is 27.9 Å². The molecule has 4 amide bonds. The van der Waals surface area contributed by atoms with Crippen LogP contribution in [0.3, 0.4) is 0 Å². The van der Waals surface area contributed by atoms with Gasteiger partial charge in [0.25, 0.3) is 5.91 Å². The molecular formula is C19H23N5O3S3. The molecule has 1 aliphatic heterocycles. The van der Waals surface area contributed by atoms with E-state index in [1.165, 1.54) is 23.1 Å². The highest BCUT2D eigenvalue weighted by molar-refractivity contribution is 8.03. The molecule has 1 atom stereocenters. The molecule has 1 fully saturated rings. The molecule has 1 unspecified atom stereocenters. The van der Waals surface area contributed by atoms with Gasteiger partial charge >= 0.3 is 6.03 Å². The molecule has 0 bridgehead atoms. The molecule has 1 aliphatic rings. The Bertz CT molecular complexity index is 908. The molecule has 2 N–H and O–H groups in total. The Morgan fingerprint density at radius 3 is 2.53 bits per heavy atom. The fourth-order valence-corrected chi connectivity index (χ4v) is 5.91. The number of aromatic nitrogens is 2. The van der Waals surface area contributed by atoms with Gasteiger partial charge in [0.1, 0.15) is 5.54 Å². The minimum atomic E-state index is -1.18. The molecule has 0 radical (unpaired) electrons. The number of carbonyl (C=O) groups is 3. The maximum atomic E-state index is 13.0. The van der Waals surface area contributed by atoms with E-state index in [0.29, 0.717) is 16.3 Å². The van der Waals surface area contributed by atoms with Crippen molar-refractivity contribution in [3.05, 3.63) is 35.9 Å². The number of hydrogen-bond donors (Lipinski definition) is 2. The third kappa shape index (κ3) is 4.96. The van der Waals surface area contributed by atoms with Crippen molar-refractivity contribution in [3.8, 4) is 0 Å². The van der Waals surface area contributed by atoms with E-state index in [9.17, 15) is 14.4 Å². The third-order valence-electron chi connectivity index (χ3n) is 4.56. The molecule has 0 spiro atoms. The van der Waals surface area contributed by atoms with Gasteiger partial charge in [0.2, 0.25) is 5.91 Å². The van der Waals surface area contributed by atoms with E-state index < -0.39 is 23.4 Å². The predicted octanol–water partition coefficient (Wildman–Crippen LogP) is 3.41. The molecule has 2 aromatic rings. The lowest BCUT2D eigenvalue weighted by Crippen LogP contribution is -2.49. The van der Waals surface area contributed by atoms with Crippen molar-refractivity contribution in [3.63, 3.8) is 0 Å². The zero-order valence-corrected chi connectivity index (χ0v) is 19.2. The van der Waals surface area contributed by atoms with Crippen molar-refractivity contribution in [1.29, 1.82) is 0 Å².